The Morgan fingerprint density at radius 2 is 1.68 bits per heavy atom. The molecule has 3 aliphatic rings. The summed E-state index contributed by atoms with van der Waals surface area (Å²) in [5.74, 6) is -3.61. The van der Waals surface area contributed by atoms with Gasteiger partial charge in [-0.05, 0) is 42.2 Å². The van der Waals surface area contributed by atoms with E-state index < -0.39 is 30.4 Å². The monoisotopic (exact) mass is 504 g/mol. The van der Waals surface area contributed by atoms with Crippen molar-refractivity contribution in [1.82, 2.24) is 4.57 Å². The fourth-order valence-electron chi connectivity index (χ4n) is 4.69. The van der Waals surface area contributed by atoms with Crippen molar-refractivity contribution in [2.24, 2.45) is 0 Å². The predicted octanol–water partition coefficient (Wildman–Crippen LogP) is 1.55. The van der Waals surface area contributed by atoms with Gasteiger partial charge >= 0.3 is 17.9 Å². The van der Waals surface area contributed by atoms with Gasteiger partial charge in [-0.3, -0.25) is 4.79 Å². The van der Waals surface area contributed by atoms with Gasteiger partial charge in [-0.2, -0.15) is 4.57 Å². The van der Waals surface area contributed by atoms with Crippen molar-refractivity contribution in [1.29, 1.82) is 0 Å². The molecule has 10 nitrogen and oxygen atoms in total. The third-order valence-corrected chi connectivity index (χ3v) is 6.18. The molecule has 37 heavy (non-hydrogen) atoms. The zero-order chi connectivity index (χ0) is 27.0. The van der Waals surface area contributed by atoms with Crippen LogP contribution in [0.25, 0.3) is 28.3 Å². The maximum atomic E-state index is 12.7. The van der Waals surface area contributed by atoms with E-state index in [1.807, 2.05) is 32.1 Å². The lowest BCUT2D eigenvalue weighted by Crippen LogP contribution is -2.44. The van der Waals surface area contributed by atoms with Gasteiger partial charge < -0.3 is 29.0 Å². The second-order valence-corrected chi connectivity index (χ2v) is 8.72. The molecule has 1 aromatic heterocycles. The summed E-state index contributed by atoms with van der Waals surface area (Å²) in [5, 5.41) is 20.4. The molecule has 2 aliphatic carbocycles. The number of hydrogen-bond acceptors (Lipinski definition) is 7. The van der Waals surface area contributed by atoms with Crippen molar-refractivity contribution in [3.8, 4) is 11.1 Å². The van der Waals surface area contributed by atoms with Crippen molar-refractivity contribution in [3.63, 3.8) is 0 Å². The molecule has 2 heterocycles. The Hall–Kier alpha value is -4.73. The number of carboxylic acid groups (broad SMARTS) is 2. The number of rotatable bonds is 7. The molecule has 0 bridgehead atoms. The van der Waals surface area contributed by atoms with E-state index in [2.05, 4.69) is 0 Å². The topological polar surface area (TPSA) is 139 Å². The molecule has 1 aliphatic heterocycles. The van der Waals surface area contributed by atoms with E-state index in [9.17, 15) is 29.4 Å². The molecule has 0 spiro atoms. The lowest BCUT2D eigenvalue weighted by atomic mass is 9.96. The number of aryl methyl sites for hydroxylation is 1. The first-order valence-corrected chi connectivity index (χ1v) is 11.2. The maximum Gasteiger partial charge on any atom is 0.344 e. The molecule has 0 fully saturated rings. The highest BCUT2D eigenvalue weighted by molar-refractivity contribution is 6.10. The Morgan fingerprint density at radius 3 is 2.30 bits per heavy atom. The second-order valence-electron chi connectivity index (χ2n) is 8.72. The molecule has 0 unspecified atom stereocenters. The van der Waals surface area contributed by atoms with E-state index in [1.54, 1.807) is 12.4 Å². The smallest absolute Gasteiger partial charge is 0.344 e. The second kappa shape index (κ2) is 9.73. The van der Waals surface area contributed by atoms with Crippen LogP contribution in [0.1, 0.15) is 49.9 Å². The number of carbonyl (C=O) groups is 4. The minimum atomic E-state index is -1.30. The van der Waals surface area contributed by atoms with E-state index >= 15 is 0 Å². The Kier molecular flexibility index (Phi) is 6.67. The summed E-state index contributed by atoms with van der Waals surface area (Å²) in [5.41, 5.74) is 5.84. The van der Waals surface area contributed by atoms with Crippen molar-refractivity contribution in [2.75, 3.05) is 14.2 Å². The zero-order valence-corrected chi connectivity index (χ0v) is 20.7. The number of methoxy groups -OCH3 is 2. The highest BCUT2D eigenvalue weighted by Gasteiger charge is 2.30. The Balaban J connectivity index is 1.96. The van der Waals surface area contributed by atoms with E-state index in [-0.39, 0.29) is 17.7 Å². The number of allylic oxidation sites excluding steroid dienone is 3. The Bertz CT molecular complexity index is 1510. The first kappa shape index (κ1) is 25.4. The summed E-state index contributed by atoms with van der Waals surface area (Å²) in [6.07, 6.45) is 9.83. The molecule has 1 N–H and O–H groups in total. The number of aliphatic carboxylic acids is 2. The summed E-state index contributed by atoms with van der Waals surface area (Å²) in [7, 11) is 2.49. The number of carbonyl (C=O) groups excluding carboxylic acids is 3. The molecule has 10 heteroatoms. The van der Waals surface area contributed by atoms with Crippen LogP contribution in [0.5, 0.6) is 0 Å². The van der Waals surface area contributed by atoms with Gasteiger partial charge in [-0.25, -0.2) is 9.59 Å². The first-order chi connectivity index (χ1) is 17.5. The van der Waals surface area contributed by atoms with Gasteiger partial charge in [0.05, 0.1) is 25.3 Å². The zero-order valence-electron chi connectivity index (χ0n) is 20.7. The normalized spacial score (nSPS) is 13.4. The highest BCUT2D eigenvalue weighted by atomic mass is 16.5. The van der Waals surface area contributed by atoms with Gasteiger partial charge in [0.2, 0.25) is 0 Å². The summed E-state index contributed by atoms with van der Waals surface area (Å²) in [4.78, 5) is 47.8. The number of nitrogens with zero attached hydrogens (tertiary/aromatic N) is 2. The number of aromatic nitrogens is 2. The minimum absolute atomic E-state index is 0.181. The van der Waals surface area contributed by atoms with E-state index in [0.717, 1.165) is 11.1 Å². The van der Waals surface area contributed by atoms with Crippen molar-refractivity contribution < 1.29 is 43.4 Å². The van der Waals surface area contributed by atoms with Gasteiger partial charge in [0.15, 0.2) is 18.9 Å². The fraction of sp³-hybridized carbons (Fsp3) is 0.222. The lowest BCUT2D eigenvalue weighted by Gasteiger charge is -2.14. The standard InChI is InChI=1S/C27H24N2O8/c1-14-5-16(24-18(14)8-28(12-22(30)31)10-20(24)26(34)36-3)7-17-6-15(2)19-9-29(13-23(32)33)11-21(25(17)19)27(35)37-4/h5-11H,12-13H2,1-4H3,(H-,30,31,32,33). The van der Waals surface area contributed by atoms with Crippen LogP contribution in [0.4, 0.5) is 0 Å². The summed E-state index contributed by atoms with van der Waals surface area (Å²) >= 11 is 0. The molecule has 190 valence electrons. The number of pyridine rings is 2. The van der Waals surface area contributed by atoms with Gasteiger partial charge in [-0.1, -0.05) is 12.1 Å². The summed E-state index contributed by atoms with van der Waals surface area (Å²) in [6.45, 7) is 2.93. The van der Waals surface area contributed by atoms with Crippen LogP contribution in [-0.4, -0.2) is 47.8 Å². The lowest BCUT2D eigenvalue weighted by molar-refractivity contribution is -0.691. The molecule has 0 atom stereocenters. The molecular weight excluding hydrogens is 480 g/mol. The third kappa shape index (κ3) is 4.73. The molecular formula is C27H24N2O8. The predicted molar refractivity (Wildman–Crippen MR) is 129 cm³/mol. The van der Waals surface area contributed by atoms with E-state index in [4.69, 9.17) is 9.47 Å². The maximum absolute atomic E-state index is 12.7. The van der Waals surface area contributed by atoms with Gasteiger partial charge in [0.1, 0.15) is 18.1 Å². The number of carboxylic acids is 2. The van der Waals surface area contributed by atoms with Crippen LogP contribution < -0.4 is 9.67 Å². The average molecular weight is 504 g/mol. The van der Waals surface area contributed by atoms with Crippen molar-refractivity contribution >= 4 is 41.1 Å². The highest BCUT2D eigenvalue weighted by Crippen LogP contribution is 2.42. The number of esters is 2. The van der Waals surface area contributed by atoms with Crippen molar-refractivity contribution in [3.05, 3.63) is 70.3 Å². The summed E-state index contributed by atoms with van der Waals surface area (Å²) < 4.78 is 12.7. The van der Waals surface area contributed by atoms with Crippen LogP contribution in [-0.2, 0) is 32.2 Å². The fourth-order valence-corrected chi connectivity index (χ4v) is 4.69. The molecule has 1 aromatic rings. The molecule has 0 radical (unpaired) electrons. The molecule has 4 rings (SSSR count). The Labute approximate surface area is 212 Å². The van der Waals surface area contributed by atoms with Crippen LogP contribution in [0.2, 0.25) is 0 Å². The molecule has 0 saturated carbocycles. The number of ether oxygens (including phenoxy) is 2. The quantitative estimate of drug-likeness (QED) is 0.378. The molecule has 0 saturated heterocycles. The van der Waals surface area contributed by atoms with Gasteiger partial charge in [0, 0.05) is 29.1 Å². The Morgan fingerprint density at radius 1 is 1.00 bits per heavy atom. The SMILES string of the molecule is COC(=O)c1c[n+](CC(=O)[O-])cc2c1/C(=C/c1cc(C)c3cn(CC(=O)O)cc(C(=O)OC)c1-3)C=C2C. The van der Waals surface area contributed by atoms with Gasteiger partial charge in [-0.15, -0.1) is 0 Å². The van der Waals surface area contributed by atoms with E-state index in [1.165, 1.54) is 35.7 Å². The van der Waals surface area contributed by atoms with E-state index in [0.29, 0.717) is 33.4 Å². The van der Waals surface area contributed by atoms with Crippen molar-refractivity contribution in [2.45, 2.75) is 26.9 Å². The van der Waals surface area contributed by atoms with Crippen LogP contribution in [0.15, 0.2) is 36.9 Å². The number of hydrogen-bond donors (Lipinski definition) is 1. The third-order valence-electron chi connectivity index (χ3n) is 6.18. The van der Waals surface area contributed by atoms with Crippen LogP contribution in [0, 0.1) is 6.92 Å². The summed E-state index contributed by atoms with van der Waals surface area (Å²) in [6, 6.07) is 1.87. The average Bonchev–Trinajstić information content (AvgIpc) is 3.32. The largest absolute Gasteiger partial charge is 0.544 e. The van der Waals surface area contributed by atoms with Gasteiger partial charge in [0.25, 0.3) is 0 Å². The number of fused-ring (bicyclic) bond motifs is 2. The van der Waals surface area contributed by atoms with Crippen LogP contribution in [0.3, 0.4) is 0 Å². The minimum Gasteiger partial charge on any atom is -0.544 e. The first-order valence-electron chi connectivity index (χ1n) is 11.2. The molecule has 0 amide bonds. The van der Waals surface area contributed by atoms with Crippen LogP contribution >= 0.6 is 0 Å². The molecule has 0 aromatic carbocycles.